The monoisotopic (exact) mass is 430 g/mol. The number of nitrogens with zero attached hydrogens (tertiary/aromatic N) is 3. The van der Waals surface area contributed by atoms with Crippen LogP contribution in [0.15, 0.2) is 36.4 Å². The van der Waals surface area contributed by atoms with Crippen molar-refractivity contribution in [2.24, 2.45) is 5.92 Å². The predicted molar refractivity (Wildman–Crippen MR) is 114 cm³/mol. The largest absolute Gasteiger partial charge is 0.465 e. The fourth-order valence-corrected chi connectivity index (χ4v) is 3.79. The molecule has 2 heterocycles. The quantitative estimate of drug-likeness (QED) is 0.559. The predicted octanol–water partition coefficient (Wildman–Crippen LogP) is 4.39. The normalized spacial score (nSPS) is 13.3. The molecular weight excluding hydrogens is 412 g/mol. The fraction of sp³-hybridized carbons (Fsp3) is 0.300. The number of benzene rings is 1. The van der Waals surface area contributed by atoms with Gasteiger partial charge < -0.3 is 15.0 Å². The number of hydrogen-bond acceptors (Lipinski definition) is 7. The lowest BCUT2D eigenvalue weighted by Crippen LogP contribution is -2.27. The average molecular weight is 431 g/mol. The van der Waals surface area contributed by atoms with Gasteiger partial charge >= 0.3 is 5.97 Å². The second-order valence-electron chi connectivity index (χ2n) is 6.64. The van der Waals surface area contributed by atoms with Crippen LogP contribution in [0.25, 0.3) is 10.3 Å². The lowest BCUT2D eigenvalue weighted by atomic mass is 10.2. The molecule has 1 aromatic carbocycles. The highest BCUT2D eigenvalue weighted by molar-refractivity contribution is 7.22. The maximum atomic E-state index is 12.2. The molecule has 0 bridgehead atoms. The minimum atomic E-state index is -0.356. The molecule has 0 atom stereocenters. The minimum Gasteiger partial charge on any atom is -0.465 e. The lowest BCUT2D eigenvalue weighted by Gasteiger charge is -2.22. The van der Waals surface area contributed by atoms with Gasteiger partial charge in [0.2, 0.25) is 5.91 Å². The Morgan fingerprint density at radius 1 is 1.21 bits per heavy atom. The topological polar surface area (TPSA) is 84.4 Å². The number of amides is 1. The van der Waals surface area contributed by atoms with Gasteiger partial charge in [0.15, 0.2) is 5.13 Å². The highest BCUT2D eigenvalue weighted by Gasteiger charge is 2.30. The number of hydrogen-bond donors (Lipinski definition) is 1. The van der Waals surface area contributed by atoms with Crippen LogP contribution < -0.4 is 10.2 Å². The van der Waals surface area contributed by atoms with Crippen LogP contribution in [-0.4, -0.2) is 35.0 Å². The van der Waals surface area contributed by atoms with Gasteiger partial charge in [-0.2, -0.15) is 0 Å². The molecule has 0 radical (unpaired) electrons. The molecular formula is C20H19ClN4O3S. The first-order valence-corrected chi connectivity index (χ1v) is 10.5. The number of rotatable bonds is 7. The highest BCUT2D eigenvalue weighted by atomic mass is 35.5. The number of pyridine rings is 1. The Morgan fingerprint density at radius 2 is 1.97 bits per heavy atom. The van der Waals surface area contributed by atoms with Crippen molar-refractivity contribution in [1.29, 1.82) is 0 Å². The van der Waals surface area contributed by atoms with E-state index in [-0.39, 0.29) is 24.3 Å². The number of ether oxygens (including phenoxy) is 1. The Balaban J connectivity index is 1.64. The molecule has 1 N–H and O–H groups in total. The fourth-order valence-electron chi connectivity index (χ4n) is 2.83. The van der Waals surface area contributed by atoms with E-state index in [4.69, 9.17) is 16.3 Å². The Labute approximate surface area is 176 Å². The summed E-state index contributed by atoms with van der Waals surface area (Å²) < 4.78 is 5.11. The Kier molecular flexibility index (Phi) is 5.64. The molecule has 0 unspecified atom stereocenters. The van der Waals surface area contributed by atoms with Crippen LogP contribution in [0.4, 0.5) is 16.6 Å². The highest BCUT2D eigenvalue weighted by Crippen LogP contribution is 2.33. The van der Waals surface area contributed by atoms with Gasteiger partial charge in [-0.1, -0.05) is 22.9 Å². The summed E-state index contributed by atoms with van der Waals surface area (Å²) in [6.07, 6.45) is 1.87. The van der Waals surface area contributed by atoms with Crippen LogP contribution in [0, 0.1) is 5.92 Å². The number of aromatic nitrogens is 2. The first kappa shape index (κ1) is 19.6. The molecule has 4 rings (SSSR count). The number of carbonyl (C=O) groups excluding carboxylic acids is 2. The van der Waals surface area contributed by atoms with Gasteiger partial charge in [0.05, 0.1) is 6.61 Å². The number of fused-ring (bicyclic) bond motifs is 1. The van der Waals surface area contributed by atoms with Gasteiger partial charge in [0.25, 0.3) is 0 Å². The van der Waals surface area contributed by atoms with Crippen molar-refractivity contribution in [3.8, 4) is 0 Å². The summed E-state index contributed by atoms with van der Waals surface area (Å²) in [6.45, 7) is 2.08. The van der Waals surface area contributed by atoms with Crippen molar-refractivity contribution in [2.75, 3.05) is 23.4 Å². The Bertz CT molecular complexity index is 1050. The van der Waals surface area contributed by atoms with E-state index in [2.05, 4.69) is 15.3 Å². The first-order valence-electron chi connectivity index (χ1n) is 9.30. The van der Waals surface area contributed by atoms with Crippen LogP contribution in [0.5, 0.6) is 0 Å². The van der Waals surface area contributed by atoms with E-state index in [9.17, 15) is 9.59 Å². The van der Waals surface area contributed by atoms with E-state index in [0.29, 0.717) is 32.9 Å². The maximum Gasteiger partial charge on any atom is 0.326 e. The minimum absolute atomic E-state index is 0.00869. The summed E-state index contributed by atoms with van der Waals surface area (Å²) in [5, 5.41) is 3.99. The van der Waals surface area contributed by atoms with E-state index in [1.165, 1.54) is 11.3 Å². The van der Waals surface area contributed by atoms with Crippen molar-refractivity contribution in [3.05, 3.63) is 41.4 Å². The number of esters is 1. The molecule has 1 aliphatic carbocycles. The van der Waals surface area contributed by atoms with Crippen LogP contribution >= 0.6 is 22.9 Å². The van der Waals surface area contributed by atoms with E-state index in [0.717, 1.165) is 18.5 Å². The van der Waals surface area contributed by atoms with Crippen molar-refractivity contribution < 1.29 is 14.3 Å². The zero-order valence-corrected chi connectivity index (χ0v) is 17.3. The summed E-state index contributed by atoms with van der Waals surface area (Å²) in [5.41, 5.74) is 1.46. The molecule has 1 aliphatic rings. The van der Waals surface area contributed by atoms with Crippen LogP contribution in [-0.2, 0) is 14.3 Å². The molecule has 3 aromatic rings. The average Bonchev–Trinajstić information content (AvgIpc) is 3.47. The summed E-state index contributed by atoms with van der Waals surface area (Å²) >= 11 is 7.31. The number of thiazole rings is 1. The molecule has 1 saturated carbocycles. The molecule has 9 heteroatoms. The van der Waals surface area contributed by atoms with E-state index < -0.39 is 0 Å². The molecule has 0 spiro atoms. The number of anilines is 3. The molecule has 29 heavy (non-hydrogen) atoms. The van der Waals surface area contributed by atoms with Gasteiger partial charge in [-0.3, -0.25) is 9.59 Å². The number of carbonyl (C=O) groups is 2. The van der Waals surface area contributed by atoms with Crippen LogP contribution in [0.3, 0.4) is 0 Å². The van der Waals surface area contributed by atoms with Crippen molar-refractivity contribution >= 4 is 61.8 Å². The van der Waals surface area contributed by atoms with Gasteiger partial charge in [-0.05, 0) is 56.2 Å². The van der Waals surface area contributed by atoms with E-state index in [1.807, 2.05) is 18.2 Å². The Hall–Kier alpha value is -2.71. The van der Waals surface area contributed by atoms with Gasteiger partial charge in [0, 0.05) is 16.6 Å². The third-order valence-corrected chi connectivity index (χ3v) is 5.56. The first-order chi connectivity index (χ1) is 14.0. The van der Waals surface area contributed by atoms with Crippen LogP contribution in [0.2, 0.25) is 5.02 Å². The lowest BCUT2D eigenvalue weighted by molar-refractivity contribution is -0.141. The molecule has 0 saturated heterocycles. The summed E-state index contributed by atoms with van der Waals surface area (Å²) in [6, 6.07) is 10.8. The second kappa shape index (κ2) is 8.34. The third-order valence-electron chi connectivity index (χ3n) is 4.43. The maximum absolute atomic E-state index is 12.2. The summed E-state index contributed by atoms with van der Waals surface area (Å²) in [5.74, 6) is 0.340. The van der Waals surface area contributed by atoms with Gasteiger partial charge in [0.1, 0.15) is 22.7 Å². The molecule has 1 fully saturated rings. The molecule has 1 amide bonds. The zero-order chi connectivity index (χ0) is 20.4. The standard InChI is InChI=1S/C20H19ClN4O3S/c1-2-28-17(26)11-25(14-7-5-13(21)6-8-14)16-10-9-15-19(23-16)29-20(22-15)24-18(27)12-3-4-12/h5-10,12H,2-4,11H2,1H3,(H,22,24,27). The number of halogens is 1. The molecule has 2 aromatic heterocycles. The van der Waals surface area contributed by atoms with E-state index in [1.54, 1.807) is 30.0 Å². The third kappa shape index (κ3) is 4.65. The van der Waals surface area contributed by atoms with Crippen molar-refractivity contribution in [2.45, 2.75) is 19.8 Å². The van der Waals surface area contributed by atoms with Crippen molar-refractivity contribution in [3.63, 3.8) is 0 Å². The summed E-state index contributed by atoms with van der Waals surface area (Å²) in [7, 11) is 0. The zero-order valence-electron chi connectivity index (χ0n) is 15.7. The molecule has 0 aliphatic heterocycles. The van der Waals surface area contributed by atoms with E-state index >= 15 is 0 Å². The Morgan fingerprint density at radius 3 is 2.66 bits per heavy atom. The smallest absolute Gasteiger partial charge is 0.326 e. The summed E-state index contributed by atoms with van der Waals surface area (Å²) in [4.78, 5) is 35.7. The molecule has 150 valence electrons. The molecule has 7 nitrogen and oxygen atoms in total. The second-order valence-corrected chi connectivity index (χ2v) is 8.06. The van der Waals surface area contributed by atoms with Crippen LogP contribution in [0.1, 0.15) is 19.8 Å². The SMILES string of the molecule is CCOC(=O)CN(c1ccc(Cl)cc1)c1ccc2nc(NC(=O)C3CC3)sc2n1. The number of nitrogens with one attached hydrogen (secondary N) is 1. The van der Waals surface area contributed by atoms with Gasteiger partial charge in [-0.25, -0.2) is 9.97 Å². The van der Waals surface area contributed by atoms with Crippen molar-refractivity contribution in [1.82, 2.24) is 9.97 Å². The van der Waals surface area contributed by atoms with Gasteiger partial charge in [-0.15, -0.1) is 0 Å².